The third kappa shape index (κ3) is 49.6. The molecule has 158 valence electrons. The van der Waals surface area contributed by atoms with Crippen LogP contribution < -0.4 is 0 Å². The molecule has 0 amide bonds. The van der Waals surface area contributed by atoms with E-state index >= 15 is 0 Å². The van der Waals surface area contributed by atoms with E-state index in [1.807, 2.05) is 25.2 Å². The van der Waals surface area contributed by atoms with E-state index in [9.17, 15) is 9.59 Å². The van der Waals surface area contributed by atoms with Crippen LogP contribution in [0.5, 0.6) is 0 Å². The maximum atomic E-state index is 10.4. The fraction of sp³-hybridized carbons (Fsp3) is 0.308. The van der Waals surface area contributed by atoms with Crippen molar-refractivity contribution >= 4 is 11.9 Å². The number of rotatable bonds is 6. The Morgan fingerprint density at radius 2 is 1.13 bits per heavy atom. The van der Waals surface area contributed by atoms with Crippen molar-refractivity contribution in [3.63, 3.8) is 0 Å². The quantitative estimate of drug-likeness (QED) is 0.379. The van der Waals surface area contributed by atoms with Gasteiger partial charge in [0.1, 0.15) is 0 Å². The van der Waals surface area contributed by atoms with E-state index < -0.39 is 0 Å². The van der Waals surface area contributed by atoms with Crippen LogP contribution in [0.3, 0.4) is 0 Å². The average molecular weight is 407 g/mol. The van der Waals surface area contributed by atoms with Gasteiger partial charge in [-0.2, -0.15) is 0 Å². The van der Waals surface area contributed by atoms with Crippen LogP contribution >= 0.6 is 0 Å². The van der Waals surface area contributed by atoms with Gasteiger partial charge < -0.3 is 9.47 Å². The molecule has 0 heterocycles. The van der Waals surface area contributed by atoms with Gasteiger partial charge in [0.15, 0.2) is 0 Å². The standard InChI is InChI=1S/C10H2.C7H12O2.C5H8O2.C4H8/c1-3-5-7-9-10-8-6-4-2;1-3-4-5-6-7(8)9-2;1-3-4-5(6)7-2;1-3-4-2/h1-2H;4-5H,3,6H2,1-2H3;3H,1,4H2,2H3;3H,1,4H2,2H3/b;5-4-;;. The van der Waals surface area contributed by atoms with E-state index in [0.29, 0.717) is 12.8 Å². The molecule has 30 heavy (non-hydrogen) atoms. The summed E-state index contributed by atoms with van der Waals surface area (Å²) in [6.07, 6.45) is 19.5. The first-order valence-electron chi connectivity index (χ1n) is 8.86. The summed E-state index contributed by atoms with van der Waals surface area (Å²) in [4.78, 5) is 20.5. The Bertz CT molecular complexity index is 731. The van der Waals surface area contributed by atoms with Gasteiger partial charge in [0.25, 0.3) is 0 Å². The van der Waals surface area contributed by atoms with Gasteiger partial charge in [-0.25, -0.2) is 0 Å². The number of allylic oxidation sites excluding steroid dienone is 2. The van der Waals surface area contributed by atoms with Gasteiger partial charge >= 0.3 is 11.9 Å². The van der Waals surface area contributed by atoms with Crippen molar-refractivity contribution < 1.29 is 19.1 Å². The minimum atomic E-state index is -0.241. The lowest BCUT2D eigenvalue weighted by Crippen LogP contribution is -1.96. The number of terminal acetylenes is 2. The molecule has 0 rings (SSSR count). The summed E-state index contributed by atoms with van der Waals surface area (Å²) in [5.41, 5.74) is 0. The summed E-state index contributed by atoms with van der Waals surface area (Å²) in [5.74, 6) is 18.0. The van der Waals surface area contributed by atoms with E-state index in [1.54, 1.807) is 0 Å². The lowest BCUT2D eigenvalue weighted by molar-refractivity contribution is -0.140. The second kappa shape index (κ2) is 36.0. The lowest BCUT2D eigenvalue weighted by Gasteiger charge is -1.90. The van der Waals surface area contributed by atoms with Crippen LogP contribution in [0.4, 0.5) is 0 Å². The number of ether oxygens (including phenoxy) is 2. The van der Waals surface area contributed by atoms with E-state index in [4.69, 9.17) is 12.8 Å². The number of hydrogen-bond acceptors (Lipinski definition) is 4. The van der Waals surface area contributed by atoms with Gasteiger partial charge in [-0.3, -0.25) is 9.59 Å². The SMILES string of the molecule is C#CC#CC#CC#CC#C.C=CCC.C=CCC(=O)OC.CC/C=C\CC(=O)OC. The molecule has 0 radical (unpaired) electrons. The fourth-order valence-electron chi connectivity index (χ4n) is 0.828. The molecule has 0 aliphatic carbocycles. The highest BCUT2D eigenvalue weighted by Crippen LogP contribution is 1.87. The maximum absolute atomic E-state index is 10.4. The number of carbonyl (C=O) groups excluding carboxylic acids is 2. The van der Waals surface area contributed by atoms with E-state index in [0.717, 1.165) is 12.8 Å². The monoisotopic (exact) mass is 406 g/mol. The van der Waals surface area contributed by atoms with Crippen LogP contribution in [-0.4, -0.2) is 26.2 Å². The Morgan fingerprint density at radius 1 is 0.733 bits per heavy atom. The Labute approximate surface area is 182 Å². The van der Waals surface area contributed by atoms with Crippen LogP contribution in [0.15, 0.2) is 37.5 Å². The molecule has 0 saturated carbocycles. The molecule has 0 aliphatic rings. The molecule has 0 atom stereocenters. The summed E-state index contributed by atoms with van der Waals surface area (Å²) >= 11 is 0. The molecular formula is C26H30O4. The van der Waals surface area contributed by atoms with E-state index in [1.165, 1.54) is 20.3 Å². The molecule has 0 unspecified atom stereocenters. The highest BCUT2D eigenvalue weighted by molar-refractivity contribution is 5.71. The molecule has 0 aromatic heterocycles. The van der Waals surface area contributed by atoms with Gasteiger partial charge in [-0.1, -0.05) is 38.2 Å². The van der Waals surface area contributed by atoms with Crippen molar-refractivity contribution in [1.82, 2.24) is 0 Å². The van der Waals surface area contributed by atoms with Gasteiger partial charge in [-0.05, 0) is 60.2 Å². The van der Waals surface area contributed by atoms with Crippen LogP contribution in [0.2, 0.25) is 0 Å². The average Bonchev–Trinajstić information content (AvgIpc) is 2.77. The molecule has 0 N–H and O–H groups in total. The molecule has 0 spiro atoms. The number of methoxy groups -OCH3 is 2. The first kappa shape index (κ1) is 33.5. The number of carbonyl (C=O) groups is 2. The predicted molar refractivity (Wildman–Crippen MR) is 124 cm³/mol. The van der Waals surface area contributed by atoms with Gasteiger partial charge in [0.05, 0.1) is 27.1 Å². The van der Waals surface area contributed by atoms with Crippen molar-refractivity contribution in [2.24, 2.45) is 0 Å². The Kier molecular flexibility index (Phi) is 40.2. The first-order chi connectivity index (χ1) is 14.4. The zero-order valence-electron chi connectivity index (χ0n) is 18.3. The Morgan fingerprint density at radius 3 is 1.40 bits per heavy atom. The summed E-state index contributed by atoms with van der Waals surface area (Å²) in [6.45, 7) is 10.9. The smallest absolute Gasteiger partial charge is 0.309 e. The summed E-state index contributed by atoms with van der Waals surface area (Å²) in [6, 6.07) is 0. The molecule has 0 aliphatic heterocycles. The van der Waals surface area contributed by atoms with Crippen molar-refractivity contribution in [2.75, 3.05) is 14.2 Å². The third-order valence-electron chi connectivity index (χ3n) is 2.20. The van der Waals surface area contributed by atoms with Crippen molar-refractivity contribution in [1.29, 1.82) is 0 Å². The first-order valence-corrected chi connectivity index (χ1v) is 8.86. The van der Waals surface area contributed by atoms with Crippen LogP contribution in [0, 0.1) is 60.2 Å². The molecule has 0 fully saturated rings. The molecule has 4 heteroatoms. The largest absolute Gasteiger partial charge is 0.469 e. The maximum Gasteiger partial charge on any atom is 0.309 e. The predicted octanol–water partition coefficient (Wildman–Crippen LogP) is 4.10. The topological polar surface area (TPSA) is 52.6 Å². The normalized spacial score (nSPS) is 6.73. The number of esters is 2. The van der Waals surface area contributed by atoms with Crippen molar-refractivity contribution in [2.45, 2.75) is 39.5 Å². The van der Waals surface area contributed by atoms with Crippen LogP contribution in [-0.2, 0) is 19.1 Å². The zero-order valence-corrected chi connectivity index (χ0v) is 18.3. The van der Waals surface area contributed by atoms with Gasteiger partial charge in [0, 0.05) is 0 Å². The highest BCUT2D eigenvalue weighted by Gasteiger charge is 1.91. The molecular weight excluding hydrogens is 376 g/mol. The number of hydrogen-bond donors (Lipinski definition) is 0. The van der Waals surface area contributed by atoms with Crippen LogP contribution in [0.1, 0.15) is 39.5 Å². The Hall–Kier alpha value is -4.04. The highest BCUT2D eigenvalue weighted by atomic mass is 16.5. The fourth-order valence-corrected chi connectivity index (χ4v) is 0.828. The second-order valence-corrected chi connectivity index (χ2v) is 4.46. The molecule has 4 nitrogen and oxygen atoms in total. The minimum absolute atomic E-state index is 0.181. The van der Waals surface area contributed by atoms with Crippen molar-refractivity contribution in [3.05, 3.63) is 37.5 Å². The molecule has 0 bridgehead atoms. The molecule has 0 aromatic carbocycles. The van der Waals surface area contributed by atoms with Crippen LogP contribution in [0.25, 0.3) is 0 Å². The van der Waals surface area contributed by atoms with E-state index in [-0.39, 0.29) is 11.9 Å². The molecule has 0 aromatic rings. The summed E-state index contributed by atoms with van der Waals surface area (Å²) in [7, 11) is 2.74. The lowest BCUT2D eigenvalue weighted by atomic mass is 10.3. The zero-order chi connectivity index (χ0) is 23.9. The van der Waals surface area contributed by atoms with E-state index in [2.05, 4.69) is 76.9 Å². The molecule has 0 saturated heterocycles. The third-order valence-corrected chi connectivity index (χ3v) is 2.20. The van der Waals surface area contributed by atoms with Crippen molar-refractivity contribution in [3.8, 4) is 60.2 Å². The summed E-state index contributed by atoms with van der Waals surface area (Å²) in [5, 5.41) is 0. The van der Waals surface area contributed by atoms with Gasteiger partial charge in [-0.15, -0.1) is 26.0 Å². The second-order valence-electron chi connectivity index (χ2n) is 4.46. The Balaban J connectivity index is -0.000000157. The summed E-state index contributed by atoms with van der Waals surface area (Å²) < 4.78 is 8.69. The van der Waals surface area contributed by atoms with Gasteiger partial charge in [0.2, 0.25) is 0 Å². The minimum Gasteiger partial charge on any atom is -0.469 e.